The number of amides is 1. The number of ether oxygens (including phenoxy) is 2. The number of fused-ring (bicyclic) bond motifs is 1. The van der Waals surface area contributed by atoms with Gasteiger partial charge in [0, 0.05) is 12.3 Å². The highest BCUT2D eigenvalue weighted by Gasteiger charge is 2.23. The highest BCUT2D eigenvalue weighted by Crippen LogP contribution is 2.32. The maximum absolute atomic E-state index is 12.5. The molecule has 0 saturated carbocycles. The van der Waals surface area contributed by atoms with Crippen molar-refractivity contribution in [3.63, 3.8) is 0 Å². The standard InChI is InChI=1S/C18H20N2O3/c1-22-13-6-7-15-12(10-13)4-3-5-16(15)20-18(21)17-11-14(23-2)8-9-19-17/h6-11,16H,3-5H2,1-2H3,(H,20,21)/t16-/m1/s1. The first-order valence-corrected chi connectivity index (χ1v) is 7.69. The van der Waals surface area contributed by atoms with Crippen molar-refractivity contribution in [3.8, 4) is 11.5 Å². The van der Waals surface area contributed by atoms with Crippen LogP contribution < -0.4 is 14.8 Å². The van der Waals surface area contributed by atoms with Crippen molar-refractivity contribution in [2.45, 2.75) is 25.3 Å². The molecular weight excluding hydrogens is 292 g/mol. The summed E-state index contributed by atoms with van der Waals surface area (Å²) in [5.74, 6) is 1.29. The van der Waals surface area contributed by atoms with Crippen molar-refractivity contribution in [3.05, 3.63) is 53.3 Å². The number of methoxy groups -OCH3 is 2. The number of rotatable bonds is 4. The molecule has 0 radical (unpaired) electrons. The maximum atomic E-state index is 12.5. The van der Waals surface area contributed by atoms with E-state index < -0.39 is 0 Å². The Labute approximate surface area is 135 Å². The number of nitrogens with zero attached hydrogens (tertiary/aromatic N) is 1. The Morgan fingerprint density at radius 3 is 2.74 bits per heavy atom. The van der Waals surface area contributed by atoms with E-state index in [0.29, 0.717) is 11.4 Å². The minimum Gasteiger partial charge on any atom is -0.497 e. The zero-order valence-electron chi connectivity index (χ0n) is 13.3. The van der Waals surface area contributed by atoms with E-state index in [1.165, 1.54) is 5.56 Å². The fourth-order valence-corrected chi connectivity index (χ4v) is 2.96. The Hall–Kier alpha value is -2.56. The average Bonchev–Trinajstić information content (AvgIpc) is 2.61. The Balaban J connectivity index is 1.80. The van der Waals surface area contributed by atoms with Crippen molar-refractivity contribution >= 4 is 5.91 Å². The number of benzene rings is 1. The minimum absolute atomic E-state index is 0.00478. The van der Waals surface area contributed by atoms with E-state index in [-0.39, 0.29) is 11.9 Å². The molecule has 5 heteroatoms. The number of carbonyl (C=O) groups is 1. The number of aryl methyl sites for hydroxylation is 1. The molecule has 120 valence electrons. The molecule has 2 aromatic rings. The summed E-state index contributed by atoms with van der Waals surface area (Å²) in [4.78, 5) is 16.6. The normalized spacial score (nSPS) is 16.3. The summed E-state index contributed by atoms with van der Waals surface area (Å²) in [5, 5.41) is 3.08. The molecule has 0 spiro atoms. The second-order valence-electron chi connectivity index (χ2n) is 5.56. The number of hydrogen-bond donors (Lipinski definition) is 1. The van der Waals surface area contributed by atoms with Gasteiger partial charge in [-0.15, -0.1) is 0 Å². The van der Waals surface area contributed by atoms with Gasteiger partial charge in [0.25, 0.3) is 5.91 Å². The highest BCUT2D eigenvalue weighted by atomic mass is 16.5. The molecule has 1 atom stereocenters. The zero-order valence-corrected chi connectivity index (χ0v) is 13.3. The lowest BCUT2D eigenvalue weighted by atomic mass is 9.87. The number of carbonyl (C=O) groups excluding carboxylic acids is 1. The van der Waals surface area contributed by atoms with Crippen molar-refractivity contribution in [1.29, 1.82) is 0 Å². The average molecular weight is 312 g/mol. The molecular formula is C18H20N2O3. The lowest BCUT2D eigenvalue weighted by Crippen LogP contribution is -2.31. The first-order valence-electron chi connectivity index (χ1n) is 7.69. The monoisotopic (exact) mass is 312 g/mol. The first kappa shape index (κ1) is 15.3. The van der Waals surface area contributed by atoms with E-state index >= 15 is 0 Å². The summed E-state index contributed by atoms with van der Waals surface area (Å²) < 4.78 is 10.4. The molecule has 0 saturated heterocycles. The molecule has 0 bridgehead atoms. The lowest BCUT2D eigenvalue weighted by Gasteiger charge is -2.26. The van der Waals surface area contributed by atoms with Gasteiger partial charge in [-0.3, -0.25) is 9.78 Å². The van der Waals surface area contributed by atoms with Crippen LogP contribution in [0.5, 0.6) is 11.5 Å². The Morgan fingerprint density at radius 1 is 1.17 bits per heavy atom. The SMILES string of the molecule is COc1ccnc(C(=O)N[C@@H]2CCCc3cc(OC)ccc32)c1. The Bertz CT molecular complexity index is 715. The summed E-state index contributed by atoms with van der Waals surface area (Å²) in [5.41, 5.74) is 2.76. The predicted molar refractivity (Wildman–Crippen MR) is 86.9 cm³/mol. The van der Waals surface area contributed by atoms with E-state index in [1.54, 1.807) is 32.5 Å². The van der Waals surface area contributed by atoms with E-state index in [1.807, 2.05) is 12.1 Å². The topological polar surface area (TPSA) is 60.5 Å². The van der Waals surface area contributed by atoms with Crippen molar-refractivity contribution < 1.29 is 14.3 Å². The molecule has 1 aliphatic rings. The Morgan fingerprint density at radius 2 is 1.96 bits per heavy atom. The third-order valence-corrected chi connectivity index (χ3v) is 4.17. The van der Waals surface area contributed by atoms with Gasteiger partial charge in [0.05, 0.1) is 20.3 Å². The van der Waals surface area contributed by atoms with Crippen LogP contribution in [0.3, 0.4) is 0 Å². The van der Waals surface area contributed by atoms with Gasteiger partial charge in [0.1, 0.15) is 17.2 Å². The minimum atomic E-state index is -0.183. The molecule has 1 aromatic carbocycles. The summed E-state index contributed by atoms with van der Waals surface area (Å²) in [6.07, 6.45) is 4.55. The quantitative estimate of drug-likeness (QED) is 0.943. The molecule has 0 fully saturated rings. The smallest absolute Gasteiger partial charge is 0.270 e. The van der Waals surface area contributed by atoms with E-state index in [9.17, 15) is 4.79 Å². The molecule has 1 aliphatic carbocycles. The third kappa shape index (κ3) is 3.28. The summed E-state index contributed by atoms with van der Waals surface area (Å²) >= 11 is 0. The molecule has 23 heavy (non-hydrogen) atoms. The second kappa shape index (κ2) is 6.69. The van der Waals surface area contributed by atoms with E-state index in [4.69, 9.17) is 9.47 Å². The van der Waals surface area contributed by atoms with Crippen LogP contribution in [-0.2, 0) is 6.42 Å². The van der Waals surface area contributed by atoms with Crippen molar-refractivity contribution in [1.82, 2.24) is 10.3 Å². The van der Waals surface area contributed by atoms with Crippen LogP contribution in [0.1, 0.15) is 40.5 Å². The van der Waals surface area contributed by atoms with Gasteiger partial charge in [-0.2, -0.15) is 0 Å². The fraction of sp³-hybridized carbons (Fsp3) is 0.333. The molecule has 1 heterocycles. The molecule has 5 nitrogen and oxygen atoms in total. The number of pyridine rings is 1. The lowest BCUT2D eigenvalue weighted by molar-refractivity contribution is 0.0927. The van der Waals surface area contributed by atoms with Gasteiger partial charge in [0.15, 0.2) is 0 Å². The number of hydrogen-bond acceptors (Lipinski definition) is 4. The predicted octanol–water partition coefficient (Wildman–Crippen LogP) is 2.91. The second-order valence-corrected chi connectivity index (χ2v) is 5.56. The molecule has 1 amide bonds. The van der Waals surface area contributed by atoms with E-state index in [2.05, 4.69) is 16.4 Å². The third-order valence-electron chi connectivity index (χ3n) is 4.17. The van der Waals surface area contributed by atoms with E-state index in [0.717, 1.165) is 30.6 Å². The molecule has 1 aromatic heterocycles. The van der Waals surface area contributed by atoms with Crippen molar-refractivity contribution in [2.24, 2.45) is 0 Å². The van der Waals surface area contributed by atoms with Crippen LogP contribution in [0.25, 0.3) is 0 Å². The summed E-state index contributed by atoms with van der Waals surface area (Å²) in [6, 6.07) is 9.40. The van der Waals surface area contributed by atoms with Crippen LogP contribution in [0, 0.1) is 0 Å². The number of nitrogens with one attached hydrogen (secondary N) is 1. The van der Waals surface area contributed by atoms with Crippen LogP contribution in [0.15, 0.2) is 36.5 Å². The van der Waals surface area contributed by atoms with Crippen LogP contribution >= 0.6 is 0 Å². The van der Waals surface area contributed by atoms with Gasteiger partial charge >= 0.3 is 0 Å². The van der Waals surface area contributed by atoms with Crippen LogP contribution in [-0.4, -0.2) is 25.1 Å². The van der Waals surface area contributed by atoms with Gasteiger partial charge < -0.3 is 14.8 Å². The molecule has 1 N–H and O–H groups in total. The first-order chi connectivity index (χ1) is 11.2. The molecule has 3 rings (SSSR count). The largest absolute Gasteiger partial charge is 0.497 e. The van der Waals surface area contributed by atoms with Gasteiger partial charge in [-0.25, -0.2) is 0 Å². The maximum Gasteiger partial charge on any atom is 0.270 e. The Kier molecular flexibility index (Phi) is 4.46. The number of aromatic nitrogens is 1. The van der Waals surface area contributed by atoms with Gasteiger partial charge in [-0.1, -0.05) is 6.07 Å². The van der Waals surface area contributed by atoms with Gasteiger partial charge in [0.2, 0.25) is 0 Å². The summed E-state index contributed by atoms with van der Waals surface area (Å²) in [6.45, 7) is 0. The fourth-order valence-electron chi connectivity index (χ4n) is 2.96. The zero-order chi connectivity index (χ0) is 16.2. The van der Waals surface area contributed by atoms with Crippen LogP contribution in [0.2, 0.25) is 0 Å². The molecule has 0 unspecified atom stereocenters. The molecule has 0 aliphatic heterocycles. The van der Waals surface area contributed by atoms with Gasteiger partial charge in [-0.05, 0) is 48.6 Å². The summed E-state index contributed by atoms with van der Waals surface area (Å²) in [7, 11) is 3.24. The van der Waals surface area contributed by atoms with Crippen LogP contribution in [0.4, 0.5) is 0 Å². The highest BCUT2D eigenvalue weighted by molar-refractivity contribution is 5.92. The van der Waals surface area contributed by atoms with Crippen molar-refractivity contribution in [2.75, 3.05) is 14.2 Å².